The van der Waals surface area contributed by atoms with Gasteiger partial charge in [0.25, 0.3) is 5.91 Å². The Bertz CT molecular complexity index is 751. The van der Waals surface area contributed by atoms with E-state index in [0.717, 1.165) is 36.3 Å². The molecule has 28 heavy (non-hydrogen) atoms. The van der Waals surface area contributed by atoms with E-state index in [1.807, 2.05) is 30.3 Å². The summed E-state index contributed by atoms with van der Waals surface area (Å²) in [5, 5.41) is 4.62. The predicted octanol–water partition coefficient (Wildman–Crippen LogP) is 4.78. The molecule has 0 spiro atoms. The van der Waals surface area contributed by atoms with E-state index in [1.54, 1.807) is 10.3 Å². The van der Waals surface area contributed by atoms with Crippen LogP contribution in [-0.4, -0.2) is 34.8 Å². The molecule has 1 atom stereocenters. The molecule has 5 nitrogen and oxygen atoms in total. The zero-order chi connectivity index (χ0) is 20.4. The molecular formula is C21H28ClN3O2S. The van der Waals surface area contributed by atoms with Crippen LogP contribution in [-0.2, 0) is 11.3 Å². The van der Waals surface area contributed by atoms with E-state index in [1.165, 1.54) is 11.3 Å². The van der Waals surface area contributed by atoms with Crippen LogP contribution < -0.4 is 5.32 Å². The van der Waals surface area contributed by atoms with Crippen molar-refractivity contribution >= 4 is 34.8 Å². The van der Waals surface area contributed by atoms with E-state index in [9.17, 15) is 9.59 Å². The highest BCUT2D eigenvalue weighted by Gasteiger charge is 2.24. The first-order valence-electron chi connectivity index (χ1n) is 9.77. The maximum atomic E-state index is 13.0. The van der Waals surface area contributed by atoms with Crippen LogP contribution in [0.2, 0.25) is 0 Å². The van der Waals surface area contributed by atoms with Crippen LogP contribution in [0.3, 0.4) is 0 Å². The first-order chi connectivity index (χ1) is 13.6. The molecule has 2 amide bonds. The number of unbranched alkanes of at least 4 members (excludes halogenated alkanes) is 2. The van der Waals surface area contributed by atoms with Crippen LogP contribution in [0.15, 0.2) is 35.7 Å². The minimum Gasteiger partial charge on any atom is -0.351 e. The van der Waals surface area contributed by atoms with Crippen LogP contribution >= 0.6 is 22.9 Å². The van der Waals surface area contributed by atoms with Crippen LogP contribution in [0.25, 0.3) is 0 Å². The van der Waals surface area contributed by atoms with E-state index in [2.05, 4.69) is 24.1 Å². The smallest absolute Gasteiger partial charge is 0.270 e. The first-order valence-corrected chi connectivity index (χ1v) is 11.1. The number of rotatable bonds is 11. The molecular weight excluding hydrogens is 394 g/mol. The second-order valence-electron chi connectivity index (χ2n) is 6.62. The Balaban J connectivity index is 2.05. The van der Waals surface area contributed by atoms with Gasteiger partial charge in [0.15, 0.2) is 0 Å². The van der Waals surface area contributed by atoms with Crippen LogP contribution in [0.4, 0.5) is 0 Å². The molecule has 0 bridgehead atoms. The second-order valence-corrected chi connectivity index (χ2v) is 8.00. The van der Waals surface area contributed by atoms with E-state index < -0.39 is 5.38 Å². The van der Waals surface area contributed by atoms with E-state index >= 15 is 0 Å². The highest BCUT2D eigenvalue weighted by Crippen LogP contribution is 2.24. The number of aromatic nitrogens is 1. The van der Waals surface area contributed by atoms with Gasteiger partial charge in [-0.25, -0.2) is 4.98 Å². The van der Waals surface area contributed by atoms with Crippen LogP contribution in [0.1, 0.15) is 66.0 Å². The zero-order valence-corrected chi connectivity index (χ0v) is 18.1. The van der Waals surface area contributed by atoms with Gasteiger partial charge in [0.2, 0.25) is 5.91 Å². The van der Waals surface area contributed by atoms with Crippen molar-refractivity contribution in [2.24, 2.45) is 0 Å². The van der Waals surface area contributed by atoms with Crippen molar-refractivity contribution < 1.29 is 9.59 Å². The number of halogens is 1. The number of carbonyl (C=O) groups is 2. The molecule has 0 aliphatic carbocycles. The summed E-state index contributed by atoms with van der Waals surface area (Å²) in [6.07, 6.45) is 3.83. The lowest BCUT2D eigenvalue weighted by Gasteiger charge is -2.24. The molecule has 0 radical (unpaired) electrons. The van der Waals surface area contributed by atoms with Gasteiger partial charge in [0.05, 0.1) is 6.54 Å². The van der Waals surface area contributed by atoms with Gasteiger partial charge >= 0.3 is 0 Å². The SMILES string of the molecule is CCCCNC(=O)c1csc(CN(CCCC)C(=O)[C@@H](Cl)c2ccccc2)n1. The summed E-state index contributed by atoms with van der Waals surface area (Å²) in [6.45, 7) is 5.79. The lowest BCUT2D eigenvalue weighted by molar-refractivity contribution is -0.131. The topological polar surface area (TPSA) is 62.3 Å². The van der Waals surface area contributed by atoms with Crippen molar-refractivity contribution in [2.75, 3.05) is 13.1 Å². The Hall–Kier alpha value is -1.92. The molecule has 2 aromatic rings. The molecule has 0 aliphatic heterocycles. The van der Waals surface area contributed by atoms with Gasteiger partial charge in [-0.15, -0.1) is 22.9 Å². The quantitative estimate of drug-likeness (QED) is 0.419. The van der Waals surface area contributed by atoms with E-state index in [4.69, 9.17) is 11.6 Å². The molecule has 1 aromatic heterocycles. The zero-order valence-electron chi connectivity index (χ0n) is 16.5. The van der Waals surface area contributed by atoms with Crippen molar-refractivity contribution in [3.8, 4) is 0 Å². The minimum atomic E-state index is -0.727. The Morgan fingerprint density at radius 3 is 2.57 bits per heavy atom. The van der Waals surface area contributed by atoms with Crippen molar-refractivity contribution in [3.63, 3.8) is 0 Å². The average molecular weight is 422 g/mol. The fourth-order valence-corrected chi connectivity index (χ4v) is 3.73. The largest absolute Gasteiger partial charge is 0.351 e. The van der Waals surface area contributed by atoms with Gasteiger partial charge in [-0.2, -0.15) is 0 Å². The Morgan fingerprint density at radius 2 is 1.89 bits per heavy atom. The number of alkyl halides is 1. The molecule has 0 saturated carbocycles. The number of carbonyl (C=O) groups excluding carboxylic acids is 2. The molecule has 0 fully saturated rings. The van der Waals surface area contributed by atoms with Crippen LogP contribution in [0.5, 0.6) is 0 Å². The number of benzene rings is 1. The summed E-state index contributed by atoms with van der Waals surface area (Å²) in [7, 11) is 0. The summed E-state index contributed by atoms with van der Waals surface area (Å²) in [4.78, 5) is 31.3. The van der Waals surface area contributed by atoms with Gasteiger partial charge in [-0.05, 0) is 18.4 Å². The monoisotopic (exact) mass is 421 g/mol. The summed E-state index contributed by atoms with van der Waals surface area (Å²) >= 11 is 7.85. The van der Waals surface area contributed by atoms with Gasteiger partial charge < -0.3 is 10.2 Å². The fraction of sp³-hybridized carbons (Fsp3) is 0.476. The molecule has 152 valence electrons. The molecule has 0 unspecified atom stereocenters. The van der Waals surface area contributed by atoms with Crippen molar-refractivity contribution in [1.29, 1.82) is 0 Å². The maximum Gasteiger partial charge on any atom is 0.270 e. The molecule has 1 heterocycles. The van der Waals surface area contributed by atoms with Gasteiger partial charge in [-0.3, -0.25) is 9.59 Å². The fourth-order valence-electron chi connectivity index (χ4n) is 2.66. The second kappa shape index (κ2) is 11.8. The molecule has 1 aromatic carbocycles. The van der Waals surface area contributed by atoms with Gasteiger partial charge in [0, 0.05) is 18.5 Å². The highest BCUT2D eigenvalue weighted by molar-refractivity contribution is 7.09. The van der Waals surface area contributed by atoms with Gasteiger partial charge in [-0.1, -0.05) is 57.0 Å². The van der Waals surface area contributed by atoms with Crippen molar-refractivity contribution in [2.45, 2.75) is 51.5 Å². The number of thiazole rings is 1. The standard InChI is InChI=1S/C21H28ClN3O2S/c1-3-5-12-23-20(26)17-15-28-18(24-17)14-25(13-6-4-2)21(27)19(22)16-10-8-7-9-11-16/h7-11,15,19H,3-6,12-14H2,1-2H3,(H,23,26)/t19-/m0/s1. The number of amides is 2. The molecule has 0 aliphatic rings. The average Bonchev–Trinajstić information content (AvgIpc) is 3.19. The van der Waals surface area contributed by atoms with Crippen molar-refractivity contribution in [3.05, 3.63) is 52.0 Å². The number of hydrogen-bond acceptors (Lipinski definition) is 4. The first kappa shape index (κ1) is 22.4. The third kappa shape index (κ3) is 6.60. The summed E-state index contributed by atoms with van der Waals surface area (Å²) in [5.41, 5.74) is 1.19. The van der Waals surface area contributed by atoms with Gasteiger partial charge in [0.1, 0.15) is 16.1 Å². The summed E-state index contributed by atoms with van der Waals surface area (Å²) in [5.74, 6) is -0.299. The lowest BCUT2D eigenvalue weighted by Crippen LogP contribution is -2.34. The summed E-state index contributed by atoms with van der Waals surface area (Å²) in [6, 6.07) is 9.36. The predicted molar refractivity (Wildman–Crippen MR) is 115 cm³/mol. The number of hydrogen-bond donors (Lipinski definition) is 1. The van der Waals surface area contributed by atoms with E-state index in [0.29, 0.717) is 25.3 Å². The Morgan fingerprint density at radius 1 is 1.18 bits per heavy atom. The summed E-state index contributed by atoms with van der Waals surface area (Å²) < 4.78 is 0. The normalized spacial score (nSPS) is 11.8. The Labute approximate surface area is 176 Å². The van der Waals surface area contributed by atoms with Crippen LogP contribution in [0, 0.1) is 0 Å². The molecule has 0 saturated heterocycles. The third-order valence-electron chi connectivity index (χ3n) is 4.33. The number of nitrogens with one attached hydrogen (secondary N) is 1. The lowest BCUT2D eigenvalue weighted by atomic mass is 10.1. The minimum absolute atomic E-state index is 0.134. The van der Waals surface area contributed by atoms with E-state index in [-0.39, 0.29) is 11.8 Å². The Kier molecular flexibility index (Phi) is 9.44. The number of nitrogens with zero attached hydrogens (tertiary/aromatic N) is 2. The molecule has 7 heteroatoms. The van der Waals surface area contributed by atoms with Crippen molar-refractivity contribution in [1.82, 2.24) is 15.2 Å². The maximum absolute atomic E-state index is 13.0. The molecule has 1 N–H and O–H groups in total. The highest BCUT2D eigenvalue weighted by atomic mass is 35.5. The third-order valence-corrected chi connectivity index (χ3v) is 5.60. The molecule has 2 rings (SSSR count).